The SMILES string of the molecule is Cc1cccc(N2CCN(Cc3nc(-c4cccc(Cl)c4)no3)CC2)c1. The maximum Gasteiger partial charge on any atom is 0.241 e. The Labute approximate surface area is 158 Å². The van der Waals surface area contributed by atoms with Gasteiger partial charge in [-0.15, -0.1) is 0 Å². The fourth-order valence-electron chi connectivity index (χ4n) is 3.24. The van der Waals surface area contributed by atoms with Gasteiger partial charge in [-0.3, -0.25) is 4.90 Å². The van der Waals surface area contributed by atoms with Gasteiger partial charge in [0.15, 0.2) is 0 Å². The van der Waals surface area contributed by atoms with Crippen molar-refractivity contribution < 1.29 is 4.52 Å². The largest absolute Gasteiger partial charge is 0.369 e. The molecule has 6 heteroatoms. The quantitative estimate of drug-likeness (QED) is 0.696. The zero-order valence-electron chi connectivity index (χ0n) is 14.7. The Balaban J connectivity index is 1.36. The Kier molecular flexibility index (Phi) is 4.91. The van der Waals surface area contributed by atoms with Gasteiger partial charge in [-0.05, 0) is 36.8 Å². The highest BCUT2D eigenvalue weighted by Crippen LogP contribution is 2.21. The third-order valence-electron chi connectivity index (χ3n) is 4.65. The number of anilines is 1. The monoisotopic (exact) mass is 368 g/mol. The molecule has 0 radical (unpaired) electrons. The van der Waals surface area contributed by atoms with E-state index in [2.05, 4.69) is 51.1 Å². The first kappa shape index (κ1) is 17.1. The number of benzene rings is 2. The van der Waals surface area contributed by atoms with Crippen molar-refractivity contribution in [1.29, 1.82) is 0 Å². The number of rotatable bonds is 4. The topological polar surface area (TPSA) is 45.4 Å². The molecule has 3 aromatic rings. The standard InChI is InChI=1S/C20H21ClN4O/c1-15-4-2-7-18(12-15)25-10-8-24(9-11-25)14-19-22-20(23-26-19)16-5-3-6-17(21)13-16/h2-7,12-13H,8-11,14H2,1H3. The van der Waals surface area contributed by atoms with E-state index in [9.17, 15) is 0 Å². The van der Waals surface area contributed by atoms with Crippen molar-refractivity contribution in [3.63, 3.8) is 0 Å². The second-order valence-electron chi connectivity index (χ2n) is 6.62. The smallest absolute Gasteiger partial charge is 0.241 e. The Morgan fingerprint density at radius 1 is 1.04 bits per heavy atom. The summed E-state index contributed by atoms with van der Waals surface area (Å²) in [6, 6.07) is 16.2. The van der Waals surface area contributed by atoms with E-state index in [0.717, 1.165) is 31.7 Å². The van der Waals surface area contributed by atoms with Gasteiger partial charge in [0.25, 0.3) is 0 Å². The van der Waals surface area contributed by atoms with Crippen molar-refractivity contribution in [2.24, 2.45) is 0 Å². The third kappa shape index (κ3) is 3.89. The van der Waals surface area contributed by atoms with E-state index in [1.54, 1.807) is 0 Å². The first-order valence-electron chi connectivity index (χ1n) is 8.80. The predicted molar refractivity (Wildman–Crippen MR) is 103 cm³/mol. The van der Waals surface area contributed by atoms with Crippen LogP contribution in [0.25, 0.3) is 11.4 Å². The molecule has 1 aromatic heterocycles. The summed E-state index contributed by atoms with van der Waals surface area (Å²) in [5.74, 6) is 1.23. The van der Waals surface area contributed by atoms with Crippen LogP contribution in [0.3, 0.4) is 0 Å². The summed E-state index contributed by atoms with van der Waals surface area (Å²) in [6.45, 7) is 6.76. The maximum atomic E-state index is 6.03. The lowest BCUT2D eigenvalue weighted by molar-refractivity contribution is 0.215. The molecule has 4 rings (SSSR count). The number of halogens is 1. The van der Waals surface area contributed by atoms with Crippen LogP contribution < -0.4 is 4.90 Å². The molecule has 0 atom stereocenters. The van der Waals surface area contributed by atoms with Gasteiger partial charge in [0, 0.05) is 42.5 Å². The zero-order chi connectivity index (χ0) is 17.9. The number of aromatic nitrogens is 2. The van der Waals surface area contributed by atoms with Crippen LogP contribution in [0, 0.1) is 6.92 Å². The highest BCUT2D eigenvalue weighted by Gasteiger charge is 2.20. The fourth-order valence-corrected chi connectivity index (χ4v) is 3.43. The Morgan fingerprint density at radius 2 is 1.85 bits per heavy atom. The Hall–Kier alpha value is -2.37. The Morgan fingerprint density at radius 3 is 2.62 bits per heavy atom. The molecule has 1 saturated heterocycles. The van der Waals surface area contributed by atoms with Gasteiger partial charge < -0.3 is 9.42 Å². The number of aryl methyl sites for hydroxylation is 1. The van der Waals surface area contributed by atoms with Gasteiger partial charge in [-0.1, -0.05) is 41.0 Å². The Bertz CT molecular complexity index is 887. The highest BCUT2D eigenvalue weighted by atomic mass is 35.5. The summed E-state index contributed by atoms with van der Waals surface area (Å²) in [7, 11) is 0. The van der Waals surface area contributed by atoms with E-state index >= 15 is 0 Å². The molecule has 1 aliphatic heterocycles. The first-order valence-corrected chi connectivity index (χ1v) is 9.18. The second kappa shape index (κ2) is 7.48. The van der Waals surface area contributed by atoms with Crippen LogP contribution in [-0.4, -0.2) is 41.2 Å². The van der Waals surface area contributed by atoms with Crippen LogP contribution in [0.4, 0.5) is 5.69 Å². The summed E-state index contributed by atoms with van der Waals surface area (Å²) in [6.07, 6.45) is 0. The molecule has 0 amide bonds. The van der Waals surface area contributed by atoms with Gasteiger partial charge in [0.05, 0.1) is 6.54 Å². The van der Waals surface area contributed by atoms with Crippen molar-refractivity contribution in [2.75, 3.05) is 31.1 Å². The van der Waals surface area contributed by atoms with Gasteiger partial charge in [-0.2, -0.15) is 4.98 Å². The molecule has 1 fully saturated rings. The number of piperazine rings is 1. The number of hydrogen-bond acceptors (Lipinski definition) is 5. The van der Waals surface area contributed by atoms with Gasteiger partial charge in [0.2, 0.25) is 11.7 Å². The average molecular weight is 369 g/mol. The van der Waals surface area contributed by atoms with Gasteiger partial charge in [0.1, 0.15) is 0 Å². The summed E-state index contributed by atoms with van der Waals surface area (Å²) in [4.78, 5) is 9.29. The lowest BCUT2D eigenvalue weighted by Gasteiger charge is -2.35. The lowest BCUT2D eigenvalue weighted by atomic mass is 10.2. The molecule has 0 bridgehead atoms. The van der Waals surface area contributed by atoms with Gasteiger partial charge in [-0.25, -0.2) is 0 Å². The molecule has 5 nitrogen and oxygen atoms in total. The number of nitrogens with zero attached hydrogens (tertiary/aromatic N) is 4. The maximum absolute atomic E-state index is 6.03. The van der Waals surface area contributed by atoms with Crippen LogP contribution >= 0.6 is 11.6 Å². The van der Waals surface area contributed by atoms with E-state index in [1.165, 1.54) is 11.3 Å². The summed E-state index contributed by atoms with van der Waals surface area (Å²) in [5.41, 5.74) is 3.46. The minimum atomic E-state index is 0.584. The zero-order valence-corrected chi connectivity index (χ0v) is 15.5. The molecule has 0 aliphatic carbocycles. The van der Waals surface area contributed by atoms with Crippen molar-refractivity contribution >= 4 is 17.3 Å². The molecule has 2 aromatic carbocycles. The summed E-state index contributed by atoms with van der Waals surface area (Å²) >= 11 is 6.03. The minimum absolute atomic E-state index is 0.584. The molecule has 26 heavy (non-hydrogen) atoms. The minimum Gasteiger partial charge on any atom is -0.369 e. The van der Waals surface area contributed by atoms with Crippen molar-refractivity contribution in [3.8, 4) is 11.4 Å². The van der Waals surface area contributed by atoms with E-state index in [-0.39, 0.29) is 0 Å². The van der Waals surface area contributed by atoms with E-state index < -0.39 is 0 Å². The van der Waals surface area contributed by atoms with Crippen LogP contribution in [0.5, 0.6) is 0 Å². The molecule has 2 heterocycles. The predicted octanol–water partition coefficient (Wildman–Crippen LogP) is 4.02. The van der Waals surface area contributed by atoms with Crippen molar-refractivity contribution in [1.82, 2.24) is 15.0 Å². The summed E-state index contributed by atoms with van der Waals surface area (Å²) in [5, 5.41) is 4.75. The second-order valence-corrected chi connectivity index (χ2v) is 7.06. The molecule has 0 spiro atoms. The lowest BCUT2D eigenvalue weighted by Crippen LogP contribution is -2.46. The van der Waals surface area contributed by atoms with Crippen LogP contribution in [0.1, 0.15) is 11.5 Å². The van der Waals surface area contributed by atoms with Crippen LogP contribution in [0.2, 0.25) is 5.02 Å². The normalized spacial score (nSPS) is 15.4. The number of hydrogen-bond donors (Lipinski definition) is 0. The van der Waals surface area contributed by atoms with Gasteiger partial charge >= 0.3 is 0 Å². The molecule has 0 unspecified atom stereocenters. The molecular formula is C20H21ClN4O. The van der Waals surface area contributed by atoms with Crippen LogP contribution in [0.15, 0.2) is 53.1 Å². The van der Waals surface area contributed by atoms with Crippen LogP contribution in [-0.2, 0) is 6.54 Å². The molecular weight excluding hydrogens is 348 g/mol. The fraction of sp³-hybridized carbons (Fsp3) is 0.300. The van der Waals surface area contributed by atoms with E-state index in [0.29, 0.717) is 23.3 Å². The van der Waals surface area contributed by atoms with E-state index in [4.69, 9.17) is 16.1 Å². The first-order chi connectivity index (χ1) is 12.7. The van der Waals surface area contributed by atoms with E-state index in [1.807, 2.05) is 24.3 Å². The van der Waals surface area contributed by atoms with Crippen molar-refractivity contribution in [3.05, 3.63) is 65.0 Å². The molecule has 0 saturated carbocycles. The third-order valence-corrected chi connectivity index (χ3v) is 4.88. The highest BCUT2D eigenvalue weighted by molar-refractivity contribution is 6.30. The summed E-state index contributed by atoms with van der Waals surface area (Å²) < 4.78 is 5.43. The molecule has 1 aliphatic rings. The average Bonchev–Trinajstić information content (AvgIpc) is 3.11. The molecule has 134 valence electrons. The molecule has 0 N–H and O–H groups in total. The van der Waals surface area contributed by atoms with Crippen molar-refractivity contribution in [2.45, 2.75) is 13.5 Å².